The second-order valence-corrected chi connectivity index (χ2v) is 4.93. The van der Waals surface area contributed by atoms with E-state index < -0.39 is 5.97 Å². The standard InChI is InChI=1S/C8H6BrNO3S/c1-2-12-8(11)6-7-4(13-10-6)3-5(9)14-7/h3H,2H2,1H3. The van der Waals surface area contributed by atoms with E-state index in [0.29, 0.717) is 12.2 Å². The third-order valence-electron chi connectivity index (χ3n) is 1.59. The van der Waals surface area contributed by atoms with Crippen LogP contribution in [0.5, 0.6) is 0 Å². The van der Waals surface area contributed by atoms with Crippen LogP contribution in [-0.4, -0.2) is 17.7 Å². The summed E-state index contributed by atoms with van der Waals surface area (Å²) in [5, 5.41) is 3.66. The summed E-state index contributed by atoms with van der Waals surface area (Å²) in [6.07, 6.45) is 0. The Morgan fingerprint density at radius 1 is 1.79 bits per heavy atom. The van der Waals surface area contributed by atoms with E-state index in [1.165, 1.54) is 11.3 Å². The molecule has 0 aliphatic carbocycles. The minimum absolute atomic E-state index is 0.248. The number of esters is 1. The molecule has 2 heterocycles. The van der Waals surface area contributed by atoms with Crippen LogP contribution in [0.15, 0.2) is 14.4 Å². The van der Waals surface area contributed by atoms with Crippen LogP contribution in [0.2, 0.25) is 0 Å². The van der Waals surface area contributed by atoms with Gasteiger partial charge in [0.2, 0.25) is 5.69 Å². The highest BCUT2D eigenvalue weighted by atomic mass is 79.9. The summed E-state index contributed by atoms with van der Waals surface area (Å²) in [6.45, 7) is 2.08. The molecule has 0 saturated carbocycles. The Morgan fingerprint density at radius 2 is 2.57 bits per heavy atom. The lowest BCUT2D eigenvalue weighted by atomic mass is 10.4. The van der Waals surface area contributed by atoms with Gasteiger partial charge in [0.1, 0.15) is 4.70 Å². The summed E-state index contributed by atoms with van der Waals surface area (Å²) in [7, 11) is 0. The van der Waals surface area contributed by atoms with Crippen LogP contribution in [0.3, 0.4) is 0 Å². The fourth-order valence-electron chi connectivity index (χ4n) is 1.04. The molecule has 0 unspecified atom stereocenters. The second-order valence-electron chi connectivity index (χ2n) is 2.50. The smallest absolute Gasteiger partial charge is 0.362 e. The molecule has 74 valence electrons. The first-order chi connectivity index (χ1) is 6.72. The predicted octanol–water partition coefficient (Wildman–Crippen LogP) is 2.83. The number of fused-ring (bicyclic) bond motifs is 1. The fourth-order valence-corrected chi connectivity index (χ4v) is 2.51. The van der Waals surface area contributed by atoms with E-state index in [1.54, 1.807) is 13.0 Å². The molecule has 6 heteroatoms. The van der Waals surface area contributed by atoms with Gasteiger partial charge in [-0.3, -0.25) is 0 Å². The quantitative estimate of drug-likeness (QED) is 0.791. The predicted molar refractivity (Wildman–Crippen MR) is 55.5 cm³/mol. The van der Waals surface area contributed by atoms with Gasteiger partial charge in [0.05, 0.1) is 10.4 Å². The van der Waals surface area contributed by atoms with Gasteiger partial charge in [0, 0.05) is 6.07 Å². The molecule has 0 fully saturated rings. The first-order valence-corrected chi connectivity index (χ1v) is 5.55. The van der Waals surface area contributed by atoms with Gasteiger partial charge in [-0.1, -0.05) is 5.16 Å². The lowest BCUT2D eigenvalue weighted by Crippen LogP contribution is -2.04. The third-order valence-corrected chi connectivity index (χ3v) is 3.21. The molecule has 0 bridgehead atoms. The van der Waals surface area contributed by atoms with Gasteiger partial charge in [-0.15, -0.1) is 11.3 Å². The van der Waals surface area contributed by atoms with Crippen molar-refractivity contribution in [2.45, 2.75) is 6.92 Å². The number of aromatic nitrogens is 1. The minimum Gasteiger partial charge on any atom is -0.461 e. The van der Waals surface area contributed by atoms with Gasteiger partial charge in [-0.05, 0) is 22.9 Å². The molecule has 4 nitrogen and oxygen atoms in total. The average Bonchev–Trinajstić information content (AvgIpc) is 2.62. The van der Waals surface area contributed by atoms with Crippen molar-refractivity contribution in [3.05, 3.63) is 15.5 Å². The second kappa shape index (κ2) is 3.70. The maximum absolute atomic E-state index is 11.4. The molecule has 0 spiro atoms. The maximum atomic E-state index is 11.4. The van der Waals surface area contributed by atoms with Crippen molar-refractivity contribution < 1.29 is 14.1 Å². The summed E-state index contributed by atoms with van der Waals surface area (Å²) < 4.78 is 11.4. The highest BCUT2D eigenvalue weighted by molar-refractivity contribution is 9.11. The van der Waals surface area contributed by atoms with Crippen molar-refractivity contribution >= 4 is 43.5 Å². The molecule has 0 saturated heterocycles. The van der Waals surface area contributed by atoms with Crippen LogP contribution >= 0.6 is 27.3 Å². The average molecular weight is 276 g/mol. The molecule has 2 aromatic heterocycles. The SMILES string of the molecule is CCOC(=O)c1noc2cc(Br)sc12. The van der Waals surface area contributed by atoms with E-state index in [1.807, 2.05) is 0 Å². The molecule has 0 aromatic carbocycles. The Labute approximate surface area is 92.0 Å². The van der Waals surface area contributed by atoms with Gasteiger partial charge in [0.25, 0.3) is 0 Å². The zero-order valence-corrected chi connectivity index (χ0v) is 9.65. The van der Waals surface area contributed by atoms with Crippen molar-refractivity contribution in [1.82, 2.24) is 5.16 Å². The zero-order valence-electron chi connectivity index (χ0n) is 7.24. The van der Waals surface area contributed by atoms with Crippen LogP contribution in [0, 0.1) is 0 Å². The molecular weight excluding hydrogens is 270 g/mol. The largest absolute Gasteiger partial charge is 0.461 e. The molecule has 0 N–H and O–H groups in total. The molecule has 0 radical (unpaired) electrons. The highest BCUT2D eigenvalue weighted by Gasteiger charge is 2.19. The number of nitrogens with zero attached hydrogens (tertiary/aromatic N) is 1. The first-order valence-electron chi connectivity index (χ1n) is 3.94. The van der Waals surface area contributed by atoms with Crippen molar-refractivity contribution in [2.75, 3.05) is 6.61 Å². The van der Waals surface area contributed by atoms with Gasteiger partial charge < -0.3 is 9.26 Å². The van der Waals surface area contributed by atoms with Crippen molar-refractivity contribution in [3.8, 4) is 0 Å². The number of rotatable bonds is 2. The lowest BCUT2D eigenvalue weighted by Gasteiger charge is -1.95. The van der Waals surface area contributed by atoms with Crippen LogP contribution in [-0.2, 0) is 4.74 Å². The van der Waals surface area contributed by atoms with Crippen molar-refractivity contribution in [3.63, 3.8) is 0 Å². The van der Waals surface area contributed by atoms with Crippen LogP contribution in [0.1, 0.15) is 17.4 Å². The van der Waals surface area contributed by atoms with Crippen molar-refractivity contribution in [1.29, 1.82) is 0 Å². The number of hydrogen-bond donors (Lipinski definition) is 0. The summed E-state index contributed by atoms with van der Waals surface area (Å²) >= 11 is 4.70. The van der Waals surface area contributed by atoms with E-state index in [0.717, 1.165) is 8.49 Å². The van der Waals surface area contributed by atoms with E-state index in [2.05, 4.69) is 21.1 Å². The molecule has 0 aliphatic rings. The molecule has 0 atom stereocenters. The molecule has 2 rings (SSSR count). The Bertz CT molecular complexity index is 476. The van der Waals surface area contributed by atoms with Gasteiger partial charge in [-0.25, -0.2) is 4.79 Å². The van der Waals surface area contributed by atoms with Gasteiger partial charge >= 0.3 is 5.97 Å². The summed E-state index contributed by atoms with van der Waals surface area (Å²) in [6, 6.07) is 1.77. The topological polar surface area (TPSA) is 52.3 Å². The maximum Gasteiger partial charge on any atom is 0.362 e. The van der Waals surface area contributed by atoms with Crippen LogP contribution in [0.25, 0.3) is 10.3 Å². The number of carbonyl (C=O) groups is 1. The third kappa shape index (κ3) is 1.55. The summed E-state index contributed by atoms with van der Waals surface area (Å²) in [5.41, 5.74) is 0.850. The molecule has 0 amide bonds. The number of hydrogen-bond acceptors (Lipinski definition) is 5. The minimum atomic E-state index is -0.444. The Hall–Kier alpha value is -0.880. The number of thiophene rings is 1. The van der Waals surface area contributed by atoms with E-state index in [-0.39, 0.29) is 5.69 Å². The number of halogens is 1. The van der Waals surface area contributed by atoms with E-state index in [9.17, 15) is 4.79 Å². The Kier molecular flexibility index (Phi) is 2.56. The van der Waals surface area contributed by atoms with E-state index in [4.69, 9.17) is 9.26 Å². The van der Waals surface area contributed by atoms with E-state index >= 15 is 0 Å². The Morgan fingerprint density at radius 3 is 3.29 bits per heavy atom. The molecule has 2 aromatic rings. The van der Waals surface area contributed by atoms with Gasteiger partial charge in [-0.2, -0.15) is 0 Å². The number of ether oxygens (including phenoxy) is 1. The van der Waals surface area contributed by atoms with Crippen LogP contribution in [0.4, 0.5) is 0 Å². The molecule has 14 heavy (non-hydrogen) atoms. The Balaban J connectivity index is 2.46. The highest BCUT2D eigenvalue weighted by Crippen LogP contribution is 2.32. The molecule has 0 aliphatic heterocycles. The number of carbonyl (C=O) groups excluding carboxylic acids is 1. The van der Waals surface area contributed by atoms with Gasteiger partial charge in [0.15, 0.2) is 5.58 Å². The summed E-state index contributed by atoms with van der Waals surface area (Å²) in [4.78, 5) is 11.4. The lowest BCUT2D eigenvalue weighted by molar-refractivity contribution is 0.0517. The molecular formula is C8H6BrNO3S. The van der Waals surface area contributed by atoms with Crippen molar-refractivity contribution in [2.24, 2.45) is 0 Å². The fraction of sp³-hybridized carbons (Fsp3) is 0.250. The van der Waals surface area contributed by atoms with Crippen LogP contribution < -0.4 is 0 Å². The zero-order chi connectivity index (χ0) is 10.1. The monoisotopic (exact) mass is 275 g/mol. The first kappa shape index (κ1) is 9.67. The summed E-state index contributed by atoms with van der Waals surface area (Å²) in [5.74, 6) is -0.444. The normalized spacial score (nSPS) is 10.7.